The van der Waals surface area contributed by atoms with Crippen molar-refractivity contribution >= 4 is 52.3 Å². The van der Waals surface area contributed by atoms with Gasteiger partial charge in [-0.1, -0.05) is 23.2 Å². The van der Waals surface area contributed by atoms with Crippen LogP contribution in [0.3, 0.4) is 0 Å². The average Bonchev–Trinajstić information content (AvgIpc) is 3.41. The Morgan fingerprint density at radius 3 is 2.27 bits per heavy atom. The summed E-state index contributed by atoms with van der Waals surface area (Å²) in [6.07, 6.45) is 1.53. The number of rotatable bonds is 6. The Kier molecular flexibility index (Phi) is 5.69. The lowest BCUT2D eigenvalue weighted by Crippen LogP contribution is -2.42. The monoisotopic (exact) mass is 462 g/mol. The predicted octanol–water partition coefficient (Wildman–Crippen LogP) is 4.78. The molecule has 2 aromatic heterocycles. The van der Waals surface area contributed by atoms with Crippen LogP contribution in [0, 0.1) is 6.92 Å². The highest BCUT2D eigenvalue weighted by molar-refractivity contribution is 7.11. The molecule has 3 heterocycles. The van der Waals surface area contributed by atoms with Gasteiger partial charge in [0, 0.05) is 9.75 Å². The summed E-state index contributed by atoms with van der Waals surface area (Å²) in [5.41, 5.74) is 0.294. The maximum atomic E-state index is 13.1. The van der Waals surface area contributed by atoms with Crippen LogP contribution in [0.15, 0.2) is 47.1 Å². The zero-order valence-electron chi connectivity index (χ0n) is 15.9. The highest BCUT2D eigenvalue weighted by Crippen LogP contribution is 2.31. The number of fused-ring (bicyclic) bond motifs is 1. The highest BCUT2D eigenvalue weighted by atomic mass is 35.5. The molecule has 4 rings (SSSR count). The van der Waals surface area contributed by atoms with E-state index >= 15 is 0 Å². The second-order valence-corrected chi connectivity index (χ2v) is 9.04. The number of hydrogen-bond donors (Lipinski definition) is 0. The number of aryl methyl sites for hydroxylation is 1. The number of nitrogens with zero attached hydrogens (tertiary/aromatic N) is 2. The summed E-state index contributed by atoms with van der Waals surface area (Å²) < 4.78 is 5.38. The van der Waals surface area contributed by atoms with E-state index in [2.05, 4.69) is 0 Å². The van der Waals surface area contributed by atoms with Crippen LogP contribution in [0.25, 0.3) is 0 Å². The molecule has 1 aliphatic heterocycles. The van der Waals surface area contributed by atoms with E-state index in [1.165, 1.54) is 18.4 Å². The summed E-state index contributed by atoms with van der Waals surface area (Å²) >= 11 is 13.5. The second-order valence-electron chi connectivity index (χ2n) is 6.85. The second kappa shape index (κ2) is 8.26. The number of imide groups is 1. The minimum absolute atomic E-state index is 0.147. The molecule has 0 unspecified atom stereocenters. The average molecular weight is 463 g/mol. The van der Waals surface area contributed by atoms with Crippen LogP contribution in [0.2, 0.25) is 10.0 Å². The van der Waals surface area contributed by atoms with Crippen LogP contribution < -0.4 is 0 Å². The minimum Gasteiger partial charge on any atom is -0.467 e. The summed E-state index contributed by atoms with van der Waals surface area (Å²) in [7, 11) is 0. The van der Waals surface area contributed by atoms with Gasteiger partial charge in [0.05, 0.1) is 40.5 Å². The Labute approximate surface area is 186 Å². The smallest absolute Gasteiger partial charge is 0.262 e. The van der Waals surface area contributed by atoms with Gasteiger partial charge in [-0.05, 0) is 43.3 Å². The van der Waals surface area contributed by atoms with Crippen molar-refractivity contribution in [1.29, 1.82) is 0 Å². The molecule has 1 aromatic carbocycles. The van der Waals surface area contributed by atoms with Crippen molar-refractivity contribution < 1.29 is 18.8 Å². The topological polar surface area (TPSA) is 70.8 Å². The Morgan fingerprint density at radius 2 is 1.73 bits per heavy atom. The molecule has 3 aromatic rings. The van der Waals surface area contributed by atoms with Gasteiger partial charge in [-0.3, -0.25) is 19.3 Å². The Hall–Kier alpha value is -2.61. The van der Waals surface area contributed by atoms with Crippen LogP contribution >= 0.6 is 34.5 Å². The molecular weight excluding hydrogens is 447 g/mol. The molecule has 0 atom stereocenters. The third-order valence-corrected chi connectivity index (χ3v) is 6.43. The fourth-order valence-corrected chi connectivity index (χ4v) is 4.48. The molecule has 30 heavy (non-hydrogen) atoms. The summed E-state index contributed by atoms with van der Waals surface area (Å²) in [4.78, 5) is 43.2. The molecule has 0 N–H and O–H groups in total. The van der Waals surface area contributed by atoms with Crippen molar-refractivity contribution in [1.82, 2.24) is 9.80 Å². The van der Waals surface area contributed by atoms with Crippen molar-refractivity contribution in [2.24, 2.45) is 0 Å². The lowest BCUT2D eigenvalue weighted by atomic mass is 10.1. The van der Waals surface area contributed by atoms with Crippen LogP contribution in [0.5, 0.6) is 0 Å². The van der Waals surface area contributed by atoms with Crippen LogP contribution in [-0.2, 0) is 17.9 Å². The summed E-state index contributed by atoms with van der Waals surface area (Å²) in [6, 6.07) is 10.2. The molecule has 0 spiro atoms. The molecule has 1 aliphatic rings. The van der Waals surface area contributed by atoms with Gasteiger partial charge < -0.3 is 9.32 Å². The number of thiophene rings is 1. The number of furan rings is 1. The van der Waals surface area contributed by atoms with Crippen molar-refractivity contribution in [3.63, 3.8) is 0 Å². The fraction of sp³-hybridized carbons (Fsp3) is 0.190. The number of carbonyl (C=O) groups is 3. The molecule has 0 fully saturated rings. The van der Waals surface area contributed by atoms with Gasteiger partial charge in [0.25, 0.3) is 11.8 Å². The summed E-state index contributed by atoms with van der Waals surface area (Å²) in [5.74, 6) is -0.889. The van der Waals surface area contributed by atoms with E-state index in [0.29, 0.717) is 12.3 Å². The minimum atomic E-state index is -0.563. The van der Waals surface area contributed by atoms with E-state index < -0.39 is 11.8 Å². The van der Waals surface area contributed by atoms with E-state index in [0.717, 1.165) is 14.7 Å². The maximum absolute atomic E-state index is 13.1. The molecule has 9 heteroatoms. The van der Waals surface area contributed by atoms with Gasteiger partial charge in [-0.15, -0.1) is 11.3 Å². The lowest BCUT2D eigenvalue weighted by Gasteiger charge is -2.23. The third-order valence-electron chi connectivity index (χ3n) is 4.73. The van der Waals surface area contributed by atoms with E-state index in [4.69, 9.17) is 27.6 Å². The standard InChI is InChI=1S/C21H16Cl2N2O4S/c1-12-4-5-14(30-12)10-24(9-13-3-2-6-29-13)19(26)11-25-20(27)15-7-17(22)18(23)8-16(15)21(25)28/h2-8H,9-11H2,1H3. The zero-order valence-corrected chi connectivity index (χ0v) is 18.2. The van der Waals surface area contributed by atoms with Crippen LogP contribution in [0.1, 0.15) is 36.2 Å². The molecule has 0 bridgehead atoms. The first-order chi connectivity index (χ1) is 14.3. The van der Waals surface area contributed by atoms with Gasteiger partial charge >= 0.3 is 0 Å². The van der Waals surface area contributed by atoms with E-state index in [-0.39, 0.29) is 40.2 Å². The normalized spacial score (nSPS) is 13.1. The first-order valence-corrected chi connectivity index (χ1v) is 10.6. The lowest BCUT2D eigenvalue weighted by molar-refractivity contribution is -0.133. The van der Waals surface area contributed by atoms with E-state index in [1.54, 1.807) is 28.4 Å². The number of benzene rings is 1. The molecule has 0 saturated carbocycles. The zero-order chi connectivity index (χ0) is 21.4. The summed E-state index contributed by atoms with van der Waals surface area (Å²) in [5, 5.41) is 0.356. The first kappa shape index (κ1) is 20.7. The van der Waals surface area contributed by atoms with Gasteiger partial charge in [0.15, 0.2) is 0 Å². The van der Waals surface area contributed by atoms with Gasteiger partial charge in [0.2, 0.25) is 5.91 Å². The molecule has 0 saturated heterocycles. The van der Waals surface area contributed by atoms with Gasteiger partial charge in [-0.2, -0.15) is 0 Å². The molecule has 3 amide bonds. The van der Waals surface area contributed by atoms with Crippen molar-refractivity contribution in [2.45, 2.75) is 20.0 Å². The number of amides is 3. The SMILES string of the molecule is Cc1ccc(CN(Cc2ccco2)C(=O)CN2C(=O)c3cc(Cl)c(Cl)cc3C2=O)s1. The largest absolute Gasteiger partial charge is 0.467 e. The fourth-order valence-electron chi connectivity index (χ4n) is 3.24. The Morgan fingerprint density at radius 1 is 1.07 bits per heavy atom. The number of halogens is 2. The Bertz CT molecular complexity index is 1100. The first-order valence-electron chi connectivity index (χ1n) is 9.04. The number of carbonyl (C=O) groups excluding carboxylic acids is 3. The van der Waals surface area contributed by atoms with Gasteiger partial charge in [-0.25, -0.2) is 0 Å². The molecule has 6 nitrogen and oxygen atoms in total. The quantitative estimate of drug-likeness (QED) is 0.494. The Balaban J connectivity index is 1.56. The van der Waals surface area contributed by atoms with Crippen LogP contribution in [0.4, 0.5) is 0 Å². The van der Waals surface area contributed by atoms with Gasteiger partial charge in [0.1, 0.15) is 12.3 Å². The third kappa shape index (κ3) is 4.01. The van der Waals surface area contributed by atoms with Crippen LogP contribution in [-0.4, -0.2) is 34.1 Å². The molecule has 0 aliphatic carbocycles. The van der Waals surface area contributed by atoms with Crippen molar-refractivity contribution in [2.75, 3.05) is 6.54 Å². The molecular formula is C21H16Cl2N2O4S. The van der Waals surface area contributed by atoms with Crippen molar-refractivity contribution in [3.8, 4) is 0 Å². The van der Waals surface area contributed by atoms with Crippen molar-refractivity contribution in [3.05, 3.63) is 79.3 Å². The maximum Gasteiger partial charge on any atom is 0.262 e. The molecule has 0 radical (unpaired) electrons. The van der Waals surface area contributed by atoms with E-state index in [9.17, 15) is 14.4 Å². The highest BCUT2D eigenvalue weighted by Gasteiger charge is 2.38. The predicted molar refractivity (Wildman–Crippen MR) is 114 cm³/mol. The molecule has 154 valence electrons. The number of hydrogen-bond acceptors (Lipinski definition) is 5. The summed E-state index contributed by atoms with van der Waals surface area (Å²) in [6.45, 7) is 2.18. The van der Waals surface area contributed by atoms with E-state index in [1.807, 2.05) is 19.1 Å².